The van der Waals surface area contributed by atoms with E-state index < -0.39 is 22.9 Å². The van der Waals surface area contributed by atoms with Crippen LogP contribution in [0, 0.1) is 10.1 Å². The average Bonchev–Trinajstić information content (AvgIpc) is 2.67. The number of hydrogen-bond acceptors (Lipinski definition) is 6. The first-order valence-corrected chi connectivity index (χ1v) is 8.36. The highest BCUT2D eigenvalue weighted by Gasteiger charge is 2.23. The van der Waals surface area contributed by atoms with E-state index in [4.69, 9.17) is 4.74 Å². The highest BCUT2D eigenvalue weighted by molar-refractivity contribution is 5.98. The lowest BCUT2D eigenvalue weighted by Crippen LogP contribution is -2.37. The molecule has 2 aromatic rings. The average molecular weight is 371 g/mol. The molecule has 0 aliphatic rings. The zero-order valence-electron chi connectivity index (χ0n) is 15.3. The number of nitrogens with zero attached hydrogens (tertiary/aromatic N) is 1. The van der Waals surface area contributed by atoms with Gasteiger partial charge >= 0.3 is 5.97 Å². The van der Waals surface area contributed by atoms with Crippen molar-refractivity contribution in [2.45, 2.75) is 26.0 Å². The molecule has 0 spiro atoms. The number of ether oxygens (including phenoxy) is 1. The molecule has 1 amide bonds. The van der Waals surface area contributed by atoms with Crippen LogP contribution in [0.5, 0.6) is 0 Å². The van der Waals surface area contributed by atoms with Gasteiger partial charge in [0.25, 0.3) is 11.6 Å². The Balaban J connectivity index is 2.07. The Hall–Kier alpha value is -3.42. The molecule has 8 heteroatoms. The fourth-order valence-corrected chi connectivity index (χ4v) is 2.47. The van der Waals surface area contributed by atoms with Crippen LogP contribution in [-0.2, 0) is 9.53 Å². The second-order valence-corrected chi connectivity index (χ2v) is 5.93. The van der Waals surface area contributed by atoms with Crippen LogP contribution in [0.1, 0.15) is 35.8 Å². The van der Waals surface area contributed by atoms with Crippen molar-refractivity contribution in [3.8, 4) is 0 Å². The number of amides is 1. The third-order valence-electron chi connectivity index (χ3n) is 4.01. The Bertz CT molecular complexity index is 838. The summed E-state index contributed by atoms with van der Waals surface area (Å²) in [5, 5.41) is 16.5. The Labute approximate surface area is 156 Å². The number of carbonyl (C=O) groups is 2. The molecular weight excluding hydrogens is 350 g/mol. The third kappa shape index (κ3) is 5.04. The summed E-state index contributed by atoms with van der Waals surface area (Å²) in [6.45, 7) is 3.27. The van der Waals surface area contributed by atoms with Gasteiger partial charge in [-0.15, -0.1) is 0 Å². The summed E-state index contributed by atoms with van der Waals surface area (Å²) in [5.74, 6) is -1.28. The predicted molar refractivity (Wildman–Crippen MR) is 101 cm³/mol. The Morgan fingerprint density at radius 1 is 1.11 bits per heavy atom. The molecule has 2 aromatic carbocycles. The SMILES string of the molecule is CNc1ccc([N+](=O)[O-])cc1C(=O)OC(C)C(=O)NC(C)c1ccccc1. The van der Waals surface area contributed by atoms with Crippen LogP contribution in [0.2, 0.25) is 0 Å². The second-order valence-electron chi connectivity index (χ2n) is 5.93. The zero-order valence-corrected chi connectivity index (χ0v) is 15.3. The molecule has 0 saturated heterocycles. The first kappa shape index (κ1) is 19.9. The summed E-state index contributed by atoms with van der Waals surface area (Å²) in [4.78, 5) is 35.0. The van der Waals surface area contributed by atoms with Crippen molar-refractivity contribution in [1.82, 2.24) is 5.32 Å². The van der Waals surface area contributed by atoms with E-state index in [0.29, 0.717) is 5.69 Å². The molecule has 8 nitrogen and oxygen atoms in total. The minimum Gasteiger partial charge on any atom is -0.449 e. The molecular formula is C19H21N3O5. The normalized spacial score (nSPS) is 12.6. The van der Waals surface area contributed by atoms with Gasteiger partial charge < -0.3 is 15.4 Å². The van der Waals surface area contributed by atoms with Gasteiger partial charge in [-0.2, -0.15) is 0 Å². The maximum absolute atomic E-state index is 12.4. The summed E-state index contributed by atoms with van der Waals surface area (Å²) >= 11 is 0. The number of benzene rings is 2. The van der Waals surface area contributed by atoms with E-state index in [-0.39, 0.29) is 17.3 Å². The summed E-state index contributed by atoms with van der Waals surface area (Å²) in [5.41, 5.74) is 1.04. The van der Waals surface area contributed by atoms with Crippen LogP contribution >= 0.6 is 0 Å². The van der Waals surface area contributed by atoms with Gasteiger partial charge in [-0.05, 0) is 25.5 Å². The summed E-state index contributed by atoms with van der Waals surface area (Å²) in [7, 11) is 1.58. The fraction of sp³-hybridized carbons (Fsp3) is 0.263. The Morgan fingerprint density at radius 2 is 1.78 bits per heavy atom. The van der Waals surface area contributed by atoms with Gasteiger partial charge in [0.15, 0.2) is 6.10 Å². The number of hydrogen-bond donors (Lipinski definition) is 2. The minimum atomic E-state index is -1.06. The van der Waals surface area contributed by atoms with Gasteiger partial charge in [0.1, 0.15) is 0 Å². The number of esters is 1. The molecule has 142 valence electrons. The van der Waals surface area contributed by atoms with Gasteiger partial charge in [0, 0.05) is 24.9 Å². The lowest BCUT2D eigenvalue weighted by atomic mass is 10.1. The molecule has 0 aromatic heterocycles. The molecule has 0 heterocycles. The van der Waals surface area contributed by atoms with Gasteiger partial charge in [-0.1, -0.05) is 30.3 Å². The van der Waals surface area contributed by atoms with Crippen molar-refractivity contribution in [2.24, 2.45) is 0 Å². The van der Waals surface area contributed by atoms with Crippen molar-refractivity contribution in [3.63, 3.8) is 0 Å². The predicted octanol–water partition coefficient (Wildman–Crippen LogP) is 3.06. The van der Waals surface area contributed by atoms with Crippen molar-refractivity contribution < 1.29 is 19.2 Å². The van der Waals surface area contributed by atoms with Gasteiger partial charge in [0.05, 0.1) is 16.5 Å². The molecule has 0 saturated carbocycles. The van der Waals surface area contributed by atoms with Crippen molar-refractivity contribution in [3.05, 3.63) is 69.8 Å². The van der Waals surface area contributed by atoms with Crippen molar-refractivity contribution >= 4 is 23.3 Å². The Morgan fingerprint density at radius 3 is 2.37 bits per heavy atom. The lowest BCUT2D eigenvalue weighted by Gasteiger charge is -2.18. The zero-order chi connectivity index (χ0) is 20.0. The largest absolute Gasteiger partial charge is 0.449 e. The maximum atomic E-state index is 12.4. The summed E-state index contributed by atoms with van der Waals surface area (Å²) < 4.78 is 5.20. The Kier molecular flexibility index (Phi) is 6.48. The van der Waals surface area contributed by atoms with E-state index in [1.54, 1.807) is 7.05 Å². The van der Waals surface area contributed by atoms with Crippen molar-refractivity contribution in [1.29, 1.82) is 0 Å². The van der Waals surface area contributed by atoms with Crippen LogP contribution in [-0.4, -0.2) is 30.0 Å². The standard InChI is InChI=1S/C19H21N3O5/c1-12(14-7-5-4-6-8-14)21-18(23)13(2)27-19(24)16-11-15(22(25)26)9-10-17(16)20-3/h4-13,20H,1-3H3,(H,21,23). The molecule has 2 N–H and O–H groups in total. The number of rotatable bonds is 7. The maximum Gasteiger partial charge on any atom is 0.341 e. The molecule has 0 bridgehead atoms. The summed E-state index contributed by atoms with van der Waals surface area (Å²) in [6.07, 6.45) is -1.06. The number of anilines is 1. The van der Waals surface area contributed by atoms with E-state index in [0.717, 1.165) is 11.6 Å². The molecule has 2 unspecified atom stereocenters. The summed E-state index contributed by atoms with van der Waals surface area (Å²) in [6, 6.07) is 12.9. The second kappa shape index (κ2) is 8.79. The first-order valence-electron chi connectivity index (χ1n) is 8.36. The van der Waals surface area contributed by atoms with E-state index >= 15 is 0 Å². The van der Waals surface area contributed by atoms with Gasteiger partial charge in [0.2, 0.25) is 0 Å². The van der Waals surface area contributed by atoms with Crippen molar-refractivity contribution in [2.75, 3.05) is 12.4 Å². The van der Waals surface area contributed by atoms with Crippen LogP contribution in [0.15, 0.2) is 48.5 Å². The van der Waals surface area contributed by atoms with E-state index in [1.807, 2.05) is 37.3 Å². The lowest BCUT2D eigenvalue weighted by molar-refractivity contribution is -0.384. The van der Waals surface area contributed by atoms with Crippen LogP contribution < -0.4 is 10.6 Å². The molecule has 0 aliphatic heterocycles. The van der Waals surface area contributed by atoms with E-state index in [1.165, 1.54) is 19.1 Å². The molecule has 2 atom stereocenters. The molecule has 2 rings (SSSR count). The fourth-order valence-electron chi connectivity index (χ4n) is 2.47. The van der Waals surface area contributed by atoms with Gasteiger partial charge in [-0.3, -0.25) is 14.9 Å². The van der Waals surface area contributed by atoms with Gasteiger partial charge in [-0.25, -0.2) is 4.79 Å². The van der Waals surface area contributed by atoms with Crippen LogP contribution in [0.4, 0.5) is 11.4 Å². The first-order chi connectivity index (χ1) is 12.8. The topological polar surface area (TPSA) is 111 Å². The monoisotopic (exact) mass is 371 g/mol. The highest BCUT2D eigenvalue weighted by atomic mass is 16.6. The highest BCUT2D eigenvalue weighted by Crippen LogP contribution is 2.23. The number of carbonyl (C=O) groups excluding carboxylic acids is 2. The van der Waals surface area contributed by atoms with E-state index in [9.17, 15) is 19.7 Å². The molecule has 0 fully saturated rings. The number of nitro groups is 1. The number of non-ortho nitro benzene ring substituents is 1. The van der Waals surface area contributed by atoms with Crippen LogP contribution in [0.25, 0.3) is 0 Å². The quantitative estimate of drug-likeness (QED) is 0.440. The number of nitrogens with one attached hydrogen (secondary N) is 2. The third-order valence-corrected chi connectivity index (χ3v) is 4.01. The molecule has 0 radical (unpaired) electrons. The van der Waals surface area contributed by atoms with Crippen LogP contribution in [0.3, 0.4) is 0 Å². The smallest absolute Gasteiger partial charge is 0.341 e. The minimum absolute atomic E-state index is 0.0116. The molecule has 0 aliphatic carbocycles. The number of nitro benzene ring substituents is 1. The van der Waals surface area contributed by atoms with E-state index in [2.05, 4.69) is 10.6 Å². The molecule has 27 heavy (non-hydrogen) atoms.